The summed E-state index contributed by atoms with van der Waals surface area (Å²) in [5, 5.41) is 4.29. The number of ketones is 1. The van der Waals surface area contributed by atoms with Crippen molar-refractivity contribution in [3.63, 3.8) is 0 Å². The third-order valence-corrected chi connectivity index (χ3v) is 5.29. The molecule has 2 atom stereocenters. The fourth-order valence-electron chi connectivity index (χ4n) is 1.36. The zero-order chi connectivity index (χ0) is 11.5. The maximum Gasteiger partial charge on any atom is 0.236 e. The second kappa shape index (κ2) is 5.23. The van der Waals surface area contributed by atoms with Crippen LogP contribution in [0.4, 0.5) is 0 Å². The van der Waals surface area contributed by atoms with Gasteiger partial charge in [0.1, 0.15) is 5.78 Å². The maximum atomic E-state index is 11.2. The summed E-state index contributed by atoms with van der Waals surface area (Å²) >= 11 is 3.77. The van der Waals surface area contributed by atoms with Crippen molar-refractivity contribution in [3.8, 4) is 0 Å². The minimum absolute atomic E-state index is 0.0564. The summed E-state index contributed by atoms with van der Waals surface area (Å²) in [6, 6.07) is 0. The summed E-state index contributed by atoms with van der Waals surface area (Å²) < 4.78 is 5.14. The van der Waals surface area contributed by atoms with Crippen molar-refractivity contribution in [1.82, 2.24) is 10.1 Å². The van der Waals surface area contributed by atoms with Gasteiger partial charge in [-0.05, 0) is 13.8 Å². The van der Waals surface area contributed by atoms with E-state index in [2.05, 4.69) is 10.1 Å². The topological polar surface area (TPSA) is 56.0 Å². The molecule has 6 heteroatoms. The van der Waals surface area contributed by atoms with Gasteiger partial charge in [0.05, 0.1) is 11.2 Å². The second-order valence-corrected chi connectivity index (χ2v) is 6.22. The van der Waals surface area contributed by atoms with Crippen molar-refractivity contribution in [1.29, 1.82) is 0 Å². The molecule has 1 aliphatic rings. The Bertz CT molecular complexity index is 375. The molecule has 1 aromatic heterocycles. The molecule has 0 amide bonds. The fourth-order valence-corrected chi connectivity index (χ4v) is 3.95. The molecule has 1 aromatic rings. The van der Waals surface area contributed by atoms with Crippen LogP contribution in [-0.4, -0.2) is 33.2 Å². The van der Waals surface area contributed by atoms with E-state index in [0.29, 0.717) is 11.1 Å². The molecule has 0 aromatic carbocycles. The highest BCUT2D eigenvalue weighted by atomic mass is 32.2. The predicted octanol–water partition coefficient (Wildman–Crippen LogP) is 2.28. The number of Topliss-reactive ketones (excluding diaryl/α,β-unsaturated/α-hetero) is 1. The van der Waals surface area contributed by atoms with Gasteiger partial charge in [0, 0.05) is 17.3 Å². The molecule has 88 valence electrons. The maximum absolute atomic E-state index is 11.2. The van der Waals surface area contributed by atoms with Crippen LogP contribution in [0.2, 0.25) is 0 Å². The van der Waals surface area contributed by atoms with Crippen LogP contribution in [0.5, 0.6) is 0 Å². The summed E-state index contributed by atoms with van der Waals surface area (Å²) in [5.41, 5.74) is 0. The molecule has 1 fully saturated rings. The van der Waals surface area contributed by atoms with Gasteiger partial charge < -0.3 is 4.52 Å². The van der Waals surface area contributed by atoms with Crippen LogP contribution in [0, 0.1) is 0 Å². The summed E-state index contributed by atoms with van der Waals surface area (Å²) in [6.45, 7) is 3.34. The average molecular weight is 258 g/mol. The third-order valence-electron chi connectivity index (χ3n) is 2.54. The Hall–Kier alpha value is -0.490. The number of rotatable bonds is 3. The van der Waals surface area contributed by atoms with Gasteiger partial charge >= 0.3 is 0 Å². The first kappa shape index (κ1) is 12.0. The molecular weight excluding hydrogens is 244 g/mol. The molecule has 4 nitrogen and oxygen atoms in total. The number of carbonyl (C=O) groups is 1. The van der Waals surface area contributed by atoms with E-state index in [1.54, 1.807) is 13.8 Å². The van der Waals surface area contributed by atoms with Crippen LogP contribution >= 0.6 is 23.5 Å². The van der Waals surface area contributed by atoms with Gasteiger partial charge in [-0.2, -0.15) is 16.7 Å². The van der Waals surface area contributed by atoms with Gasteiger partial charge in [-0.25, -0.2) is 0 Å². The van der Waals surface area contributed by atoms with Crippen LogP contribution in [0.15, 0.2) is 4.52 Å². The van der Waals surface area contributed by atoms with Crippen molar-refractivity contribution in [2.24, 2.45) is 0 Å². The smallest absolute Gasteiger partial charge is 0.236 e. The molecule has 0 spiro atoms. The van der Waals surface area contributed by atoms with E-state index in [0.717, 1.165) is 17.3 Å². The lowest BCUT2D eigenvalue weighted by atomic mass is 10.1. The van der Waals surface area contributed by atoms with Crippen LogP contribution in [0.25, 0.3) is 0 Å². The first-order valence-electron chi connectivity index (χ1n) is 5.21. The lowest BCUT2D eigenvalue weighted by Gasteiger charge is -2.17. The first-order chi connectivity index (χ1) is 7.68. The molecule has 0 bridgehead atoms. The molecular formula is C10H14N2O2S2. The molecule has 0 saturated carbocycles. The number of carbonyl (C=O) groups excluding carboxylic acids is 1. The Morgan fingerprint density at radius 2 is 2.38 bits per heavy atom. The molecule has 1 saturated heterocycles. The number of aromatic nitrogens is 2. The van der Waals surface area contributed by atoms with Crippen LogP contribution < -0.4 is 0 Å². The minimum atomic E-state index is -0.289. The highest BCUT2D eigenvalue weighted by molar-refractivity contribution is 8.06. The zero-order valence-corrected chi connectivity index (χ0v) is 10.9. The predicted molar refractivity (Wildman–Crippen MR) is 65.9 cm³/mol. The Morgan fingerprint density at radius 1 is 1.56 bits per heavy atom. The average Bonchev–Trinajstić information content (AvgIpc) is 2.78. The molecule has 16 heavy (non-hydrogen) atoms. The van der Waals surface area contributed by atoms with Crippen LogP contribution in [0.1, 0.15) is 36.7 Å². The normalized spacial score (nSPS) is 23.0. The molecule has 1 aliphatic heterocycles. The molecule has 0 N–H and O–H groups in total. The number of thioether (sulfide) groups is 2. The first-order valence-corrected chi connectivity index (χ1v) is 7.42. The third kappa shape index (κ3) is 2.60. The second-order valence-electron chi connectivity index (χ2n) is 3.76. The van der Waals surface area contributed by atoms with Crippen molar-refractivity contribution in [2.75, 3.05) is 17.3 Å². The van der Waals surface area contributed by atoms with E-state index in [1.807, 2.05) is 23.5 Å². The summed E-state index contributed by atoms with van der Waals surface area (Å²) in [4.78, 5) is 15.5. The largest absolute Gasteiger partial charge is 0.339 e. The standard InChI is InChI=1S/C10H14N2O2S2/c1-6(7(2)13)10-11-9(12-14-10)8-5-15-3-4-16-8/h6,8H,3-5H2,1-2H3. The van der Waals surface area contributed by atoms with Gasteiger partial charge in [-0.15, -0.1) is 11.8 Å². The van der Waals surface area contributed by atoms with Crippen molar-refractivity contribution in [2.45, 2.75) is 25.0 Å². The van der Waals surface area contributed by atoms with Crippen LogP contribution in [-0.2, 0) is 4.79 Å². The Balaban J connectivity index is 2.09. The van der Waals surface area contributed by atoms with E-state index in [4.69, 9.17) is 4.52 Å². The summed E-state index contributed by atoms with van der Waals surface area (Å²) in [6.07, 6.45) is 0. The van der Waals surface area contributed by atoms with Gasteiger partial charge in [0.25, 0.3) is 0 Å². The highest BCUT2D eigenvalue weighted by Gasteiger charge is 2.24. The number of hydrogen-bond acceptors (Lipinski definition) is 6. The van der Waals surface area contributed by atoms with Crippen LogP contribution in [0.3, 0.4) is 0 Å². The van der Waals surface area contributed by atoms with E-state index in [-0.39, 0.29) is 11.7 Å². The van der Waals surface area contributed by atoms with E-state index in [9.17, 15) is 4.79 Å². The summed E-state index contributed by atoms with van der Waals surface area (Å²) in [7, 11) is 0. The SMILES string of the molecule is CC(=O)C(C)c1nc(C2CSCCS2)no1. The van der Waals surface area contributed by atoms with E-state index < -0.39 is 0 Å². The molecule has 2 rings (SSSR count). The fraction of sp³-hybridized carbons (Fsp3) is 0.700. The highest BCUT2D eigenvalue weighted by Crippen LogP contribution is 2.35. The Morgan fingerprint density at radius 3 is 3.00 bits per heavy atom. The minimum Gasteiger partial charge on any atom is -0.339 e. The van der Waals surface area contributed by atoms with Gasteiger partial charge in [-0.1, -0.05) is 5.16 Å². The van der Waals surface area contributed by atoms with Gasteiger partial charge in [-0.3, -0.25) is 4.79 Å². The molecule has 2 heterocycles. The zero-order valence-electron chi connectivity index (χ0n) is 9.30. The number of nitrogens with zero attached hydrogens (tertiary/aromatic N) is 2. The van der Waals surface area contributed by atoms with E-state index in [1.165, 1.54) is 5.75 Å². The summed E-state index contributed by atoms with van der Waals surface area (Å²) in [5.74, 6) is 4.29. The van der Waals surface area contributed by atoms with Crippen molar-refractivity contribution >= 4 is 29.3 Å². The van der Waals surface area contributed by atoms with Gasteiger partial charge in [0.15, 0.2) is 5.82 Å². The Kier molecular flexibility index (Phi) is 3.91. The molecule has 0 aliphatic carbocycles. The van der Waals surface area contributed by atoms with Crippen molar-refractivity contribution in [3.05, 3.63) is 11.7 Å². The van der Waals surface area contributed by atoms with Gasteiger partial charge in [0.2, 0.25) is 5.89 Å². The Labute approximate surface area is 103 Å². The molecule has 2 unspecified atom stereocenters. The van der Waals surface area contributed by atoms with E-state index >= 15 is 0 Å². The van der Waals surface area contributed by atoms with Crippen molar-refractivity contribution < 1.29 is 9.32 Å². The molecule has 0 radical (unpaired) electrons. The lowest BCUT2D eigenvalue weighted by Crippen LogP contribution is -2.09. The lowest BCUT2D eigenvalue weighted by molar-refractivity contribution is -0.118. The number of hydrogen-bond donors (Lipinski definition) is 0. The quantitative estimate of drug-likeness (QED) is 0.829. The monoisotopic (exact) mass is 258 g/mol.